The van der Waals surface area contributed by atoms with Crippen molar-refractivity contribution in [3.63, 3.8) is 0 Å². The predicted molar refractivity (Wildman–Crippen MR) is 177 cm³/mol. The zero-order valence-corrected chi connectivity index (χ0v) is 29.1. The van der Waals surface area contributed by atoms with E-state index in [4.69, 9.17) is 19.3 Å². The van der Waals surface area contributed by atoms with Gasteiger partial charge >= 0.3 is 24.1 Å². The molecule has 2 aliphatic rings. The minimum atomic E-state index is -3.52. The van der Waals surface area contributed by atoms with Crippen molar-refractivity contribution in [2.45, 2.75) is 114 Å². The predicted octanol–water partition coefficient (Wildman–Crippen LogP) is 5.58. The van der Waals surface area contributed by atoms with Crippen LogP contribution in [0.2, 0.25) is 0 Å². The molecule has 2 amide bonds. The van der Waals surface area contributed by atoms with Crippen molar-refractivity contribution < 1.29 is 66.3 Å². The quantitative estimate of drug-likeness (QED) is 0.0932. The second-order valence-corrected chi connectivity index (χ2v) is 13.7. The monoisotopic (exact) mass is 742 g/mol. The Morgan fingerprint density at radius 1 is 0.692 bits per heavy atom. The Morgan fingerprint density at radius 2 is 1.10 bits per heavy atom. The molecule has 5 N–H and O–H groups in total. The highest BCUT2D eigenvalue weighted by atomic mass is 19.3. The molecule has 2 fully saturated rings. The van der Waals surface area contributed by atoms with E-state index in [1.165, 1.54) is 0 Å². The Morgan fingerprint density at radius 3 is 1.48 bits per heavy atom. The van der Waals surface area contributed by atoms with Crippen molar-refractivity contribution in [1.29, 1.82) is 0 Å². The zero-order valence-electron chi connectivity index (χ0n) is 29.1. The molecule has 2 aromatic carbocycles. The topological polar surface area (TPSA) is 181 Å². The molecule has 0 saturated heterocycles. The van der Waals surface area contributed by atoms with Crippen molar-refractivity contribution in [3.05, 3.63) is 71.8 Å². The van der Waals surface area contributed by atoms with E-state index in [0.717, 1.165) is 0 Å². The molecule has 0 spiro atoms. The van der Waals surface area contributed by atoms with Gasteiger partial charge in [-0.1, -0.05) is 73.5 Å². The molecule has 0 radical (unpaired) electrons. The second-order valence-electron chi connectivity index (χ2n) is 13.7. The van der Waals surface area contributed by atoms with Crippen molar-refractivity contribution in [2.24, 2.45) is 11.8 Å². The van der Waals surface area contributed by atoms with Crippen LogP contribution in [-0.2, 0) is 37.0 Å². The van der Waals surface area contributed by atoms with Gasteiger partial charge in [-0.05, 0) is 57.6 Å². The van der Waals surface area contributed by atoms with Crippen LogP contribution in [0.1, 0.15) is 70.4 Å². The molecule has 52 heavy (non-hydrogen) atoms. The van der Waals surface area contributed by atoms with E-state index in [1.807, 2.05) is 5.32 Å². The van der Waals surface area contributed by atoms with Gasteiger partial charge in [0.1, 0.15) is 30.9 Å². The van der Waals surface area contributed by atoms with Crippen LogP contribution < -0.4 is 10.6 Å². The standard InChI is InChI=1S/C23H25F2NO5.C13H21F2NO5/c24-23(25,18-12-7-13-18)20(26-22(29)31-15-17-10-5-2-6-11-17)19(27)21(28)30-14-16-8-3-1-4-9-16;1-12(2,3)21-11(20)16-9(8(17)10(18)19)13(14,15)7-5-4-6-7/h1-6,8-11,18-20,27H,7,12-15H2,(H,26,29);7-9,17H,4-6H2,1-3H3,(H,16,20)(H,18,19). The number of carboxylic acids is 1. The third-order valence-corrected chi connectivity index (χ3v) is 8.64. The summed E-state index contributed by atoms with van der Waals surface area (Å²) in [6, 6.07) is 12.9. The van der Waals surface area contributed by atoms with E-state index in [-0.39, 0.29) is 38.9 Å². The van der Waals surface area contributed by atoms with Crippen molar-refractivity contribution in [2.75, 3.05) is 0 Å². The first-order valence-electron chi connectivity index (χ1n) is 16.8. The lowest BCUT2D eigenvalue weighted by Crippen LogP contribution is -2.61. The fraction of sp³-hybridized carbons (Fsp3) is 0.556. The highest BCUT2D eigenvalue weighted by Gasteiger charge is 2.56. The van der Waals surface area contributed by atoms with Crippen LogP contribution in [0.25, 0.3) is 0 Å². The Balaban J connectivity index is 0.000000304. The van der Waals surface area contributed by atoms with E-state index in [1.54, 1.807) is 86.8 Å². The first-order chi connectivity index (χ1) is 24.3. The fourth-order valence-corrected chi connectivity index (χ4v) is 5.28. The van der Waals surface area contributed by atoms with Gasteiger partial charge in [-0.15, -0.1) is 0 Å². The van der Waals surface area contributed by atoms with Gasteiger partial charge in [0.15, 0.2) is 12.2 Å². The van der Waals surface area contributed by atoms with Crippen LogP contribution in [0.5, 0.6) is 0 Å². The van der Waals surface area contributed by atoms with Crippen LogP contribution in [0.4, 0.5) is 27.2 Å². The van der Waals surface area contributed by atoms with Gasteiger partial charge in [-0.3, -0.25) is 0 Å². The average molecular weight is 743 g/mol. The molecule has 0 aliphatic heterocycles. The average Bonchev–Trinajstić information content (AvgIpc) is 3.01. The Hall–Kier alpha value is -4.44. The smallest absolute Gasteiger partial charge is 0.408 e. The largest absolute Gasteiger partial charge is 0.479 e. The summed E-state index contributed by atoms with van der Waals surface area (Å²) in [5.41, 5.74) is 0.387. The number of alkyl carbamates (subject to hydrolysis) is 2. The summed E-state index contributed by atoms with van der Waals surface area (Å²) < 4.78 is 73.3. The van der Waals surface area contributed by atoms with Gasteiger partial charge < -0.3 is 40.2 Å². The first-order valence-corrected chi connectivity index (χ1v) is 16.8. The number of carbonyl (C=O) groups excluding carboxylic acids is 3. The summed E-state index contributed by atoms with van der Waals surface area (Å²) in [5, 5.41) is 32.4. The maximum absolute atomic E-state index is 15.0. The number of aliphatic hydroxyl groups is 2. The molecule has 16 heteroatoms. The number of benzene rings is 2. The molecule has 12 nitrogen and oxygen atoms in total. The first kappa shape index (κ1) is 42.0. The molecule has 0 heterocycles. The maximum Gasteiger partial charge on any atom is 0.408 e. The number of aliphatic carboxylic acids is 1. The van der Waals surface area contributed by atoms with Gasteiger partial charge in [0.05, 0.1) is 0 Å². The number of halogens is 4. The number of rotatable bonds is 14. The lowest BCUT2D eigenvalue weighted by molar-refractivity contribution is -0.174. The van der Waals surface area contributed by atoms with E-state index in [0.29, 0.717) is 24.0 Å². The van der Waals surface area contributed by atoms with Crippen LogP contribution in [0.3, 0.4) is 0 Å². The maximum atomic E-state index is 15.0. The molecule has 2 aromatic rings. The number of carboxylic acid groups (broad SMARTS) is 1. The van der Waals surface area contributed by atoms with Gasteiger partial charge in [0.2, 0.25) is 0 Å². The minimum absolute atomic E-state index is 0.136. The number of hydrogen-bond acceptors (Lipinski definition) is 9. The molecule has 0 aromatic heterocycles. The van der Waals surface area contributed by atoms with E-state index in [2.05, 4.69) is 0 Å². The fourth-order valence-electron chi connectivity index (χ4n) is 5.28. The highest BCUT2D eigenvalue weighted by molar-refractivity contribution is 5.77. The van der Waals surface area contributed by atoms with Gasteiger partial charge in [-0.2, -0.15) is 0 Å². The highest BCUT2D eigenvalue weighted by Crippen LogP contribution is 2.44. The SMILES string of the molecule is CC(C)(C)OC(=O)NC(C(O)C(=O)O)C(F)(F)C1CCC1.O=C(NC(C(O)C(=O)OCc1ccccc1)C(F)(F)C1CCC1)OCc1ccccc1. The van der Waals surface area contributed by atoms with E-state index < -0.39 is 77.7 Å². The van der Waals surface area contributed by atoms with E-state index >= 15 is 0 Å². The van der Waals surface area contributed by atoms with Crippen LogP contribution in [-0.4, -0.2) is 81.2 Å². The van der Waals surface area contributed by atoms with Crippen LogP contribution in [0.15, 0.2) is 60.7 Å². The second kappa shape index (κ2) is 18.4. The number of amides is 2. The molecule has 4 atom stereocenters. The number of carbonyl (C=O) groups is 4. The Kier molecular flexibility index (Phi) is 14.8. The summed E-state index contributed by atoms with van der Waals surface area (Å²) >= 11 is 0. The lowest BCUT2D eigenvalue weighted by Gasteiger charge is -2.39. The number of aliphatic hydroxyl groups excluding tert-OH is 2. The normalized spacial score (nSPS) is 17.3. The summed E-state index contributed by atoms with van der Waals surface area (Å²) in [6.07, 6.45) is -4.81. The summed E-state index contributed by atoms with van der Waals surface area (Å²) in [5.74, 6) is -12.2. The third-order valence-electron chi connectivity index (χ3n) is 8.64. The minimum Gasteiger partial charge on any atom is -0.479 e. The number of nitrogens with one attached hydrogen (secondary N) is 2. The van der Waals surface area contributed by atoms with Gasteiger partial charge in [0.25, 0.3) is 11.8 Å². The molecule has 2 aliphatic carbocycles. The number of hydrogen-bond donors (Lipinski definition) is 5. The molecule has 4 unspecified atom stereocenters. The van der Waals surface area contributed by atoms with E-state index in [9.17, 15) is 47.0 Å². The number of alkyl halides is 4. The molecular formula is C36H46F4N2O10. The number of ether oxygens (including phenoxy) is 3. The van der Waals surface area contributed by atoms with Gasteiger partial charge in [-0.25, -0.2) is 36.7 Å². The van der Waals surface area contributed by atoms with Crippen LogP contribution >= 0.6 is 0 Å². The zero-order chi connectivity index (χ0) is 38.7. The lowest BCUT2D eigenvalue weighted by atomic mass is 9.76. The van der Waals surface area contributed by atoms with Crippen LogP contribution in [0, 0.1) is 11.8 Å². The number of esters is 1. The van der Waals surface area contributed by atoms with Crippen molar-refractivity contribution in [1.82, 2.24) is 10.6 Å². The molecule has 4 rings (SSSR count). The molecular weight excluding hydrogens is 696 g/mol. The summed E-state index contributed by atoms with van der Waals surface area (Å²) in [4.78, 5) is 46.9. The third kappa shape index (κ3) is 12.1. The van der Waals surface area contributed by atoms with Crippen molar-refractivity contribution >= 4 is 24.1 Å². The Labute approximate surface area is 298 Å². The van der Waals surface area contributed by atoms with Crippen molar-refractivity contribution in [3.8, 4) is 0 Å². The summed E-state index contributed by atoms with van der Waals surface area (Å²) in [6.45, 7) is 4.30. The summed E-state index contributed by atoms with van der Waals surface area (Å²) in [7, 11) is 0. The molecule has 2 saturated carbocycles. The molecule has 0 bridgehead atoms. The van der Waals surface area contributed by atoms with Gasteiger partial charge in [0, 0.05) is 11.8 Å². The molecule has 288 valence electrons. The Bertz CT molecular complexity index is 1470.